The highest BCUT2D eigenvalue weighted by atomic mass is 32.2. The maximum atomic E-state index is 13.1. The number of aromatic nitrogens is 1. The zero-order valence-corrected chi connectivity index (χ0v) is 20.7. The number of aryl methyl sites for hydroxylation is 1. The van der Waals surface area contributed by atoms with Crippen molar-refractivity contribution in [3.63, 3.8) is 0 Å². The molecule has 180 valence electrons. The highest BCUT2D eigenvalue weighted by Crippen LogP contribution is 2.31. The Balaban J connectivity index is 1.26. The van der Waals surface area contributed by atoms with Crippen molar-refractivity contribution in [1.29, 1.82) is 0 Å². The fourth-order valence-electron chi connectivity index (χ4n) is 5.53. The summed E-state index contributed by atoms with van der Waals surface area (Å²) in [7, 11) is -3.64. The quantitative estimate of drug-likeness (QED) is 0.541. The van der Waals surface area contributed by atoms with Crippen LogP contribution in [0.2, 0.25) is 0 Å². The van der Waals surface area contributed by atoms with Crippen LogP contribution in [-0.4, -0.2) is 42.8 Å². The van der Waals surface area contributed by atoms with E-state index in [1.165, 1.54) is 0 Å². The van der Waals surface area contributed by atoms with Crippen LogP contribution in [0.5, 0.6) is 0 Å². The van der Waals surface area contributed by atoms with E-state index in [9.17, 15) is 13.2 Å². The summed E-state index contributed by atoms with van der Waals surface area (Å²) in [4.78, 5) is 18.5. The van der Waals surface area contributed by atoms with Crippen molar-refractivity contribution in [1.82, 2.24) is 14.6 Å². The van der Waals surface area contributed by atoms with Gasteiger partial charge in [0.15, 0.2) is 0 Å². The number of likely N-dealkylation sites (tertiary alicyclic amines) is 1. The molecule has 2 heterocycles. The zero-order chi connectivity index (χ0) is 23.9. The van der Waals surface area contributed by atoms with E-state index in [2.05, 4.69) is 41.8 Å². The number of benzene rings is 2. The number of hydrogen-bond acceptors (Lipinski definition) is 3. The van der Waals surface area contributed by atoms with Gasteiger partial charge < -0.3 is 9.88 Å². The molecule has 7 heteroatoms. The standard InChI is InChI=1S/C27H33N3O3S/c1-18-6-3-4-8-24(18)26-16-21-11-14-23(17-25(21)28-26)34(32,33)29-22-12-9-20(10-13-22)27(31)30-15-5-7-19(30)2/h3-4,6,8,11,14,16-17,19-20,22,28-29H,5,7,9-10,12-13,15H2,1-2H3/t19-,20?,22?/m1/s1. The maximum absolute atomic E-state index is 13.1. The number of amides is 1. The highest BCUT2D eigenvalue weighted by Gasteiger charge is 2.34. The molecule has 1 saturated heterocycles. The zero-order valence-electron chi connectivity index (χ0n) is 19.9. The van der Waals surface area contributed by atoms with Gasteiger partial charge in [0.2, 0.25) is 15.9 Å². The number of aromatic amines is 1. The number of fused-ring (bicyclic) bond motifs is 1. The Labute approximate surface area is 201 Å². The molecule has 0 radical (unpaired) electrons. The maximum Gasteiger partial charge on any atom is 0.240 e. The smallest absolute Gasteiger partial charge is 0.240 e. The Kier molecular flexibility index (Phi) is 6.25. The Bertz CT molecular complexity index is 1310. The molecule has 0 spiro atoms. The first kappa shape index (κ1) is 23.1. The third kappa shape index (κ3) is 4.51. The molecule has 1 saturated carbocycles. The number of nitrogens with one attached hydrogen (secondary N) is 2. The first-order valence-electron chi connectivity index (χ1n) is 12.3. The summed E-state index contributed by atoms with van der Waals surface area (Å²) < 4.78 is 29.2. The summed E-state index contributed by atoms with van der Waals surface area (Å²) in [6.45, 7) is 5.05. The lowest BCUT2D eigenvalue weighted by Crippen LogP contribution is -2.43. The van der Waals surface area contributed by atoms with Gasteiger partial charge in [-0.2, -0.15) is 0 Å². The molecule has 6 nitrogen and oxygen atoms in total. The van der Waals surface area contributed by atoms with Crippen LogP contribution < -0.4 is 4.72 Å². The SMILES string of the molecule is Cc1ccccc1-c1cc2ccc(S(=O)(=O)NC3CCC(C(=O)N4CCC[C@H]4C)CC3)cc2[nH]1. The number of sulfonamides is 1. The summed E-state index contributed by atoms with van der Waals surface area (Å²) in [5.41, 5.74) is 4.05. The van der Waals surface area contributed by atoms with Crippen molar-refractivity contribution in [3.8, 4) is 11.3 Å². The third-order valence-corrected chi connectivity index (χ3v) is 9.09. The summed E-state index contributed by atoms with van der Waals surface area (Å²) >= 11 is 0. The lowest BCUT2D eigenvalue weighted by molar-refractivity contribution is -0.137. The molecule has 34 heavy (non-hydrogen) atoms. The van der Waals surface area contributed by atoms with Crippen LogP contribution in [0.15, 0.2) is 53.4 Å². The van der Waals surface area contributed by atoms with Crippen molar-refractivity contribution in [2.75, 3.05) is 6.54 Å². The molecule has 1 amide bonds. The summed E-state index contributed by atoms with van der Waals surface area (Å²) in [5.74, 6) is 0.282. The number of hydrogen-bond donors (Lipinski definition) is 2. The number of carbonyl (C=O) groups is 1. The molecular formula is C27H33N3O3S. The van der Waals surface area contributed by atoms with Gasteiger partial charge >= 0.3 is 0 Å². The number of rotatable bonds is 5. The van der Waals surface area contributed by atoms with Crippen LogP contribution in [0.3, 0.4) is 0 Å². The fourth-order valence-corrected chi connectivity index (χ4v) is 6.87. The van der Waals surface area contributed by atoms with Crippen molar-refractivity contribution in [3.05, 3.63) is 54.1 Å². The van der Waals surface area contributed by atoms with E-state index in [0.717, 1.165) is 60.0 Å². The highest BCUT2D eigenvalue weighted by molar-refractivity contribution is 7.89. The van der Waals surface area contributed by atoms with E-state index >= 15 is 0 Å². The molecule has 1 atom stereocenters. The number of H-pyrrole nitrogens is 1. The second-order valence-corrected chi connectivity index (χ2v) is 11.7. The lowest BCUT2D eigenvalue weighted by Gasteiger charge is -2.32. The molecule has 1 aromatic heterocycles. The van der Waals surface area contributed by atoms with Crippen LogP contribution in [0, 0.1) is 12.8 Å². The molecule has 0 bridgehead atoms. The second-order valence-electron chi connectivity index (χ2n) is 9.94. The van der Waals surface area contributed by atoms with Gasteiger partial charge in [-0.15, -0.1) is 0 Å². The van der Waals surface area contributed by atoms with Crippen LogP contribution in [-0.2, 0) is 14.8 Å². The largest absolute Gasteiger partial charge is 0.354 e. The topological polar surface area (TPSA) is 82.3 Å². The van der Waals surface area contributed by atoms with Crippen LogP contribution in [0.25, 0.3) is 22.2 Å². The Morgan fingerprint density at radius 2 is 1.79 bits per heavy atom. The van der Waals surface area contributed by atoms with E-state index in [1.54, 1.807) is 12.1 Å². The molecule has 0 unspecified atom stereocenters. The molecule has 2 aromatic carbocycles. The second kappa shape index (κ2) is 9.19. The average molecular weight is 480 g/mol. The van der Waals surface area contributed by atoms with Gasteiger partial charge in [0.05, 0.1) is 4.90 Å². The van der Waals surface area contributed by atoms with Gasteiger partial charge in [0.25, 0.3) is 0 Å². The van der Waals surface area contributed by atoms with E-state index in [-0.39, 0.29) is 22.8 Å². The van der Waals surface area contributed by atoms with Crippen molar-refractivity contribution in [2.24, 2.45) is 5.92 Å². The molecule has 1 aliphatic carbocycles. The van der Waals surface area contributed by atoms with Crippen LogP contribution in [0.4, 0.5) is 0 Å². The van der Waals surface area contributed by atoms with Crippen molar-refractivity contribution < 1.29 is 13.2 Å². The van der Waals surface area contributed by atoms with Gasteiger partial charge in [-0.25, -0.2) is 13.1 Å². The molecule has 5 rings (SSSR count). The molecule has 1 aliphatic heterocycles. The van der Waals surface area contributed by atoms with Crippen molar-refractivity contribution in [2.45, 2.75) is 69.4 Å². The minimum atomic E-state index is -3.64. The predicted molar refractivity (Wildman–Crippen MR) is 135 cm³/mol. The van der Waals surface area contributed by atoms with Gasteiger partial charge in [0.1, 0.15) is 0 Å². The number of nitrogens with zero attached hydrogens (tertiary/aromatic N) is 1. The van der Waals surface area contributed by atoms with E-state index in [0.29, 0.717) is 18.9 Å². The first-order valence-corrected chi connectivity index (χ1v) is 13.8. The Hall–Kier alpha value is -2.64. The molecule has 2 fully saturated rings. The van der Waals surface area contributed by atoms with Gasteiger partial charge in [-0.05, 0) is 76.1 Å². The molecule has 2 aliphatic rings. The first-order chi connectivity index (χ1) is 16.3. The molecular weight excluding hydrogens is 446 g/mol. The van der Waals surface area contributed by atoms with Gasteiger partial charge in [0, 0.05) is 46.7 Å². The van der Waals surface area contributed by atoms with Crippen molar-refractivity contribution >= 4 is 26.8 Å². The summed E-state index contributed by atoms with van der Waals surface area (Å²) in [5, 5.41) is 0.979. The monoisotopic (exact) mass is 479 g/mol. The average Bonchev–Trinajstić information content (AvgIpc) is 3.44. The lowest BCUT2D eigenvalue weighted by atomic mass is 9.85. The number of carbonyl (C=O) groups excluding carboxylic acids is 1. The molecule has 3 aromatic rings. The summed E-state index contributed by atoms with van der Waals surface area (Å²) in [6.07, 6.45) is 5.04. The minimum absolute atomic E-state index is 0.0245. The van der Waals surface area contributed by atoms with Crippen LogP contribution >= 0.6 is 0 Å². The van der Waals surface area contributed by atoms with E-state index < -0.39 is 10.0 Å². The molecule has 2 N–H and O–H groups in total. The summed E-state index contributed by atoms with van der Waals surface area (Å²) in [6, 6.07) is 15.6. The normalized spacial score (nSPS) is 23.5. The predicted octanol–water partition coefficient (Wildman–Crippen LogP) is 4.99. The van der Waals surface area contributed by atoms with Gasteiger partial charge in [-0.1, -0.05) is 30.3 Å². The van der Waals surface area contributed by atoms with E-state index in [1.807, 2.05) is 23.1 Å². The van der Waals surface area contributed by atoms with Gasteiger partial charge in [-0.3, -0.25) is 4.79 Å². The minimum Gasteiger partial charge on any atom is -0.354 e. The Morgan fingerprint density at radius 3 is 2.50 bits per heavy atom. The fraction of sp³-hybridized carbons (Fsp3) is 0.444. The van der Waals surface area contributed by atoms with Crippen LogP contribution in [0.1, 0.15) is 51.0 Å². The Morgan fingerprint density at radius 1 is 1.03 bits per heavy atom. The third-order valence-electron chi connectivity index (χ3n) is 7.57. The van der Waals surface area contributed by atoms with E-state index in [4.69, 9.17) is 0 Å².